The molecule has 0 heterocycles. The second-order valence-corrected chi connectivity index (χ2v) is 7.53. The summed E-state index contributed by atoms with van der Waals surface area (Å²) in [7, 11) is -1.19. The molecule has 0 N–H and O–H groups in total. The van der Waals surface area contributed by atoms with Crippen molar-refractivity contribution in [3.05, 3.63) is 59.1 Å². The zero-order valence-corrected chi connectivity index (χ0v) is 13.7. The van der Waals surface area contributed by atoms with Crippen molar-refractivity contribution in [2.45, 2.75) is 18.4 Å². The lowest BCUT2D eigenvalue weighted by molar-refractivity contribution is 0.597. The fraction of sp³-hybridized carbons (Fsp3) is 0.250. The van der Waals surface area contributed by atoms with Crippen LogP contribution < -0.4 is 4.90 Å². The molecule has 0 radical (unpaired) electrons. The maximum absolute atomic E-state index is 11.8. The summed E-state index contributed by atoms with van der Waals surface area (Å²) in [6, 6.07) is 14.6. The monoisotopic (exact) mass is 323 g/mol. The van der Waals surface area contributed by atoms with Crippen molar-refractivity contribution in [1.82, 2.24) is 0 Å². The summed E-state index contributed by atoms with van der Waals surface area (Å²) in [5.41, 5.74) is 1.98. The first-order valence-corrected chi connectivity index (χ1v) is 8.74. The van der Waals surface area contributed by atoms with Gasteiger partial charge in [-0.25, -0.2) is 8.42 Å². The number of halogens is 1. The standard InChI is InChI=1S/C16H18ClNO2S/c1-3-21(19,20)15-10-8-14(9-11-15)18(2)12-13-6-4-5-7-16(13)17/h4-11H,3,12H2,1-2H3. The summed E-state index contributed by atoms with van der Waals surface area (Å²) in [4.78, 5) is 2.39. The van der Waals surface area contributed by atoms with Crippen LogP contribution in [0.2, 0.25) is 5.02 Å². The van der Waals surface area contributed by atoms with Gasteiger partial charge in [0, 0.05) is 24.3 Å². The normalized spacial score (nSPS) is 11.4. The van der Waals surface area contributed by atoms with E-state index in [1.165, 1.54) is 0 Å². The van der Waals surface area contributed by atoms with Gasteiger partial charge in [-0.3, -0.25) is 0 Å². The zero-order chi connectivity index (χ0) is 15.5. The van der Waals surface area contributed by atoms with Crippen LogP contribution in [-0.2, 0) is 16.4 Å². The second-order valence-electron chi connectivity index (χ2n) is 4.84. The third-order valence-corrected chi connectivity index (χ3v) is 5.50. The Morgan fingerprint density at radius 3 is 2.24 bits per heavy atom. The Labute approximate surface area is 131 Å². The van der Waals surface area contributed by atoms with E-state index in [0.29, 0.717) is 11.4 Å². The molecule has 0 saturated heterocycles. The molecule has 0 aliphatic carbocycles. The molecule has 0 aliphatic heterocycles. The van der Waals surface area contributed by atoms with Crippen LogP contribution in [0.4, 0.5) is 5.69 Å². The molecule has 0 saturated carbocycles. The molecule has 2 aromatic rings. The van der Waals surface area contributed by atoms with E-state index >= 15 is 0 Å². The van der Waals surface area contributed by atoms with Gasteiger partial charge in [0.05, 0.1) is 10.6 Å². The zero-order valence-electron chi connectivity index (χ0n) is 12.1. The number of hydrogen-bond donors (Lipinski definition) is 0. The predicted octanol–water partition coefficient (Wildman–Crippen LogP) is 3.77. The van der Waals surface area contributed by atoms with Crippen molar-refractivity contribution in [2.24, 2.45) is 0 Å². The Morgan fingerprint density at radius 2 is 1.67 bits per heavy atom. The van der Waals surface area contributed by atoms with Crippen molar-refractivity contribution < 1.29 is 8.42 Å². The SMILES string of the molecule is CCS(=O)(=O)c1ccc(N(C)Cc2ccccc2Cl)cc1. The quantitative estimate of drug-likeness (QED) is 0.840. The molecule has 0 unspecified atom stereocenters. The number of rotatable bonds is 5. The second kappa shape index (κ2) is 6.50. The molecule has 0 fully saturated rings. The average Bonchev–Trinajstić information content (AvgIpc) is 2.49. The Balaban J connectivity index is 2.17. The molecule has 3 nitrogen and oxygen atoms in total. The molecule has 0 atom stereocenters. The molecule has 0 aliphatic rings. The number of benzene rings is 2. The molecule has 112 valence electrons. The lowest BCUT2D eigenvalue weighted by Gasteiger charge is -2.20. The summed E-state index contributed by atoms with van der Waals surface area (Å²) in [6.45, 7) is 2.31. The Hall–Kier alpha value is -1.52. The molecule has 2 rings (SSSR count). The third kappa shape index (κ3) is 3.77. The maximum atomic E-state index is 11.8. The minimum atomic E-state index is -3.15. The van der Waals surface area contributed by atoms with Gasteiger partial charge >= 0.3 is 0 Å². The minimum Gasteiger partial charge on any atom is -0.370 e. The molecule has 0 aromatic heterocycles. The summed E-state index contributed by atoms with van der Waals surface area (Å²) in [5, 5.41) is 0.731. The fourth-order valence-corrected chi connectivity index (χ4v) is 3.13. The smallest absolute Gasteiger partial charge is 0.178 e. The highest BCUT2D eigenvalue weighted by molar-refractivity contribution is 7.91. The van der Waals surface area contributed by atoms with Gasteiger partial charge in [-0.15, -0.1) is 0 Å². The molecular weight excluding hydrogens is 306 g/mol. The lowest BCUT2D eigenvalue weighted by Crippen LogP contribution is -2.16. The summed E-state index contributed by atoms with van der Waals surface area (Å²) < 4.78 is 23.6. The first kappa shape index (κ1) is 15.9. The molecular formula is C16H18ClNO2S. The topological polar surface area (TPSA) is 37.4 Å². The van der Waals surface area contributed by atoms with Gasteiger partial charge in [-0.05, 0) is 35.9 Å². The van der Waals surface area contributed by atoms with Gasteiger partial charge < -0.3 is 4.90 Å². The van der Waals surface area contributed by atoms with Crippen molar-refractivity contribution in [3.8, 4) is 0 Å². The highest BCUT2D eigenvalue weighted by Crippen LogP contribution is 2.22. The Bertz CT molecular complexity index is 711. The van der Waals surface area contributed by atoms with Gasteiger partial charge in [0.25, 0.3) is 0 Å². The van der Waals surface area contributed by atoms with Crippen LogP contribution in [-0.4, -0.2) is 21.2 Å². The molecule has 21 heavy (non-hydrogen) atoms. The highest BCUT2D eigenvalue weighted by atomic mass is 35.5. The van der Waals surface area contributed by atoms with Crippen LogP contribution in [0.5, 0.6) is 0 Å². The molecule has 0 spiro atoms. The number of nitrogens with zero attached hydrogens (tertiary/aromatic N) is 1. The van der Waals surface area contributed by atoms with Crippen molar-refractivity contribution in [2.75, 3.05) is 17.7 Å². The maximum Gasteiger partial charge on any atom is 0.178 e. The van der Waals surface area contributed by atoms with E-state index in [1.54, 1.807) is 19.1 Å². The van der Waals surface area contributed by atoms with E-state index in [0.717, 1.165) is 16.3 Å². The van der Waals surface area contributed by atoms with E-state index in [1.807, 2.05) is 48.3 Å². The van der Waals surface area contributed by atoms with Crippen LogP contribution >= 0.6 is 11.6 Å². The van der Waals surface area contributed by atoms with Crippen molar-refractivity contribution in [1.29, 1.82) is 0 Å². The number of hydrogen-bond acceptors (Lipinski definition) is 3. The van der Waals surface area contributed by atoms with Crippen LogP contribution in [0.1, 0.15) is 12.5 Å². The number of sulfone groups is 1. The van der Waals surface area contributed by atoms with Crippen LogP contribution in [0, 0.1) is 0 Å². The van der Waals surface area contributed by atoms with Crippen LogP contribution in [0.3, 0.4) is 0 Å². The first-order chi connectivity index (χ1) is 9.94. The largest absolute Gasteiger partial charge is 0.370 e. The third-order valence-electron chi connectivity index (χ3n) is 3.38. The van der Waals surface area contributed by atoms with Crippen molar-refractivity contribution in [3.63, 3.8) is 0 Å². The average molecular weight is 324 g/mol. The molecule has 5 heteroatoms. The number of anilines is 1. The molecule has 0 amide bonds. The summed E-state index contributed by atoms with van der Waals surface area (Å²) in [6.07, 6.45) is 0. The van der Waals surface area contributed by atoms with Crippen LogP contribution in [0.15, 0.2) is 53.4 Å². The molecule has 2 aromatic carbocycles. The highest BCUT2D eigenvalue weighted by Gasteiger charge is 2.12. The Kier molecular flexibility index (Phi) is 4.91. The summed E-state index contributed by atoms with van der Waals surface area (Å²) >= 11 is 6.15. The minimum absolute atomic E-state index is 0.113. The van der Waals surface area contributed by atoms with E-state index in [-0.39, 0.29) is 5.75 Å². The predicted molar refractivity (Wildman–Crippen MR) is 87.7 cm³/mol. The van der Waals surface area contributed by atoms with Gasteiger partial charge in [-0.2, -0.15) is 0 Å². The van der Waals surface area contributed by atoms with E-state index in [4.69, 9.17) is 11.6 Å². The Morgan fingerprint density at radius 1 is 1.05 bits per heavy atom. The first-order valence-electron chi connectivity index (χ1n) is 6.71. The lowest BCUT2D eigenvalue weighted by atomic mass is 10.2. The van der Waals surface area contributed by atoms with E-state index in [9.17, 15) is 8.42 Å². The fourth-order valence-electron chi connectivity index (χ4n) is 2.05. The van der Waals surface area contributed by atoms with E-state index in [2.05, 4.69) is 0 Å². The van der Waals surface area contributed by atoms with Gasteiger partial charge in [-0.1, -0.05) is 36.7 Å². The molecule has 0 bridgehead atoms. The van der Waals surface area contributed by atoms with E-state index < -0.39 is 9.84 Å². The van der Waals surface area contributed by atoms with Gasteiger partial charge in [0.15, 0.2) is 9.84 Å². The van der Waals surface area contributed by atoms with Crippen LogP contribution in [0.25, 0.3) is 0 Å². The summed E-state index contributed by atoms with van der Waals surface area (Å²) in [5.74, 6) is 0.113. The van der Waals surface area contributed by atoms with Crippen molar-refractivity contribution >= 4 is 27.1 Å². The van der Waals surface area contributed by atoms with Gasteiger partial charge in [0.1, 0.15) is 0 Å². The van der Waals surface area contributed by atoms with Gasteiger partial charge in [0.2, 0.25) is 0 Å².